The van der Waals surface area contributed by atoms with Gasteiger partial charge in [-0.3, -0.25) is 0 Å². The summed E-state index contributed by atoms with van der Waals surface area (Å²) in [5, 5.41) is 8.45. The number of hydrogen-bond acceptors (Lipinski definition) is 3. The van der Waals surface area contributed by atoms with Crippen LogP contribution in [0.1, 0.15) is 39.2 Å². The molecule has 0 amide bonds. The first kappa shape index (κ1) is 15.7. The third-order valence-corrected chi connectivity index (χ3v) is 4.71. The molecule has 0 fully saturated rings. The van der Waals surface area contributed by atoms with E-state index in [2.05, 4.69) is 32.4 Å². The average Bonchev–Trinajstić information content (AvgIpc) is 2.34. The monoisotopic (exact) mass is 280 g/mol. The zero-order chi connectivity index (χ0) is 14.7. The molecular weight excluding hydrogens is 260 g/mol. The van der Waals surface area contributed by atoms with Crippen LogP contribution < -0.4 is 4.72 Å². The van der Waals surface area contributed by atoms with Crippen LogP contribution in [0.3, 0.4) is 0 Å². The lowest BCUT2D eigenvalue weighted by atomic mass is 9.78. The van der Waals surface area contributed by atoms with Crippen LogP contribution in [0.2, 0.25) is 0 Å². The molecule has 0 aliphatic rings. The highest BCUT2D eigenvalue weighted by molar-refractivity contribution is 7.89. The molecule has 1 rings (SSSR count). The van der Waals surface area contributed by atoms with Crippen molar-refractivity contribution in [1.82, 2.24) is 4.72 Å². The molecule has 19 heavy (non-hydrogen) atoms. The van der Waals surface area contributed by atoms with Gasteiger partial charge in [-0.15, -0.1) is 0 Å². The number of nitrogens with one attached hydrogen (secondary N) is 1. The van der Waals surface area contributed by atoms with Gasteiger partial charge in [0.25, 0.3) is 0 Å². The molecule has 1 unspecified atom stereocenters. The molecule has 0 spiro atoms. The topological polar surface area (TPSA) is 70.0 Å². The number of hydrogen-bond donors (Lipinski definition) is 1. The van der Waals surface area contributed by atoms with Crippen molar-refractivity contribution in [2.75, 3.05) is 6.54 Å². The Hall–Kier alpha value is -1.38. The van der Waals surface area contributed by atoms with Crippen molar-refractivity contribution in [2.45, 2.75) is 38.5 Å². The van der Waals surface area contributed by atoms with Crippen molar-refractivity contribution in [3.63, 3.8) is 0 Å². The summed E-state index contributed by atoms with van der Waals surface area (Å²) in [6.45, 7) is 8.21. The molecule has 1 aromatic carbocycles. The quantitative estimate of drug-likeness (QED) is 0.862. The summed E-state index contributed by atoms with van der Waals surface area (Å²) < 4.78 is 26.1. The van der Waals surface area contributed by atoms with Gasteiger partial charge >= 0.3 is 0 Å². The summed E-state index contributed by atoms with van der Waals surface area (Å²) in [4.78, 5) is 0.205. The highest BCUT2D eigenvalue weighted by Gasteiger charge is 2.23. The van der Waals surface area contributed by atoms with Gasteiger partial charge in [0.05, 0.1) is 17.5 Å². The third-order valence-electron chi connectivity index (χ3n) is 3.31. The van der Waals surface area contributed by atoms with E-state index in [1.807, 2.05) is 6.07 Å². The van der Waals surface area contributed by atoms with E-state index in [0.717, 1.165) is 5.56 Å². The molecule has 0 aliphatic heterocycles. The van der Waals surface area contributed by atoms with Gasteiger partial charge in [-0.25, -0.2) is 8.42 Å². The van der Waals surface area contributed by atoms with E-state index in [4.69, 9.17) is 5.26 Å². The van der Waals surface area contributed by atoms with Crippen molar-refractivity contribution < 1.29 is 8.42 Å². The van der Waals surface area contributed by atoms with Gasteiger partial charge in [0.15, 0.2) is 0 Å². The predicted molar refractivity (Wildman–Crippen MR) is 75.1 cm³/mol. The highest BCUT2D eigenvalue weighted by atomic mass is 32.2. The second-order valence-corrected chi connectivity index (χ2v) is 7.41. The third kappa shape index (κ3) is 4.05. The van der Waals surface area contributed by atoms with Crippen LogP contribution in [0.15, 0.2) is 29.2 Å². The maximum absolute atomic E-state index is 12.0. The standard InChI is InChI=1S/C14H20N2O2S/c1-11(14(2,3)4)12-6-5-7-13(10-12)19(17,18)16-9-8-15/h5-7,10-11,16H,9H2,1-4H3. The number of nitrogens with zero attached hydrogens (tertiary/aromatic N) is 1. The number of nitriles is 1. The van der Waals surface area contributed by atoms with Gasteiger partial charge in [0.2, 0.25) is 10.0 Å². The molecule has 1 N–H and O–H groups in total. The van der Waals surface area contributed by atoms with E-state index in [-0.39, 0.29) is 22.8 Å². The Kier molecular flexibility index (Phi) is 4.72. The van der Waals surface area contributed by atoms with Crippen LogP contribution in [0.25, 0.3) is 0 Å². The number of rotatable bonds is 4. The van der Waals surface area contributed by atoms with Crippen LogP contribution in [-0.4, -0.2) is 15.0 Å². The van der Waals surface area contributed by atoms with Gasteiger partial charge in [-0.2, -0.15) is 9.98 Å². The summed E-state index contributed by atoms with van der Waals surface area (Å²) >= 11 is 0. The maximum Gasteiger partial charge on any atom is 0.241 e. The fourth-order valence-electron chi connectivity index (χ4n) is 1.66. The van der Waals surface area contributed by atoms with Crippen LogP contribution in [0.5, 0.6) is 0 Å². The Labute approximate surface area is 115 Å². The Balaban J connectivity index is 3.12. The van der Waals surface area contributed by atoms with E-state index in [1.165, 1.54) is 0 Å². The second kappa shape index (κ2) is 5.72. The lowest BCUT2D eigenvalue weighted by molar-refractivity contribution is 0.339. The number of sulfonamides is 1. The van der Waals surface area contributed by atoms with Crippen LogP contribution in [0.4, 0.5) is 0 Å². The predicted octanol–water partition coefficient (Wildman–Crippen LogP) is 2.64. The van der Waals surface area contributed by atoms with Crippen molar-refractivity contribution in [2.24, 2.45) is 5.41 Å². The van der Waals surface area contributed by atoms with Gasteiger partial charge < -0.3 is 0 Å². The van der Waals surface area contributed by atoms with Crippen LogP contribution in [-0.2, 0) is 10.0 Å². The van der Waals surface area contributed by atoms with E-state index >= 15 is 0 Å². The molecule has 5 heteroatoms. The maximum atomic E-state index is 12.0. The average molecular weight is 280 g/mol. The Morgan fingerprint density at radius 1 is 1.37 bits per heavy atom. The summed E-state index contributed by atoms with van der Waals surface area (Å²) in [5.74, 6) is 0.235. The minimum Gasteiger partial charge on any atom is -0.207 e. The summed E-state index contributed by atoms with van der Waals surface area (Å²) in [6, 6.07) is 8.65. The van der Waals surface area contributed by atoms with Crippen molar-refractivity contribution in [3.8, 4) is 6.07 Å². The molecule has 1 atom stereocenters. The fraction of sp³-hybridized carbons (Fsp3) is 0.500. The van der Waals surface area contributed by atoms with Gasteiger partial charge in [-0.05, 0) is 29.0 Å². The Bertz CT molecular complexity index is 580. The molecule has 0 aliphatic carbocycles. The van der Waals surface area contributed by atoms with Crippen molar-refractivity contribution >= 4 is 10.0 Å². The first-order valence-electron chi connectivity index (χ1n) is 6.15. The zero-order valence-electron chi connectivity index (χ0n) is 11.8. The second-order valence-electron chi connectivity index (χ2n) is 5.64. The lowest BCUT2D eigenvalue weighted by Gasteiger charge is -2.27. The molecule has 1 aromatic rings. The molecular formula is C14H20N2O2S. The van der Waals surface area contributed by atoms with E-state index < -0.39 is 10.0 Å². The fourth-order valence-corrected chi connectivity index (χ4v) is 2.63. The normalized spacial score (nSPS) is 13.8. The minimum absolute atomic E-state index is 0.0580. The molecule has 104 valence electrons. The van der Waals surface area contributed by atoms with Gasteiger partial charge in [0.1, 0.15) is 0 Å². The van der Waals surface area contributed by atoms with Gasteiger partial charge in [0, 0.05) is 0 Å². The largest absolute Gasteiger partial charge is 0.241 e. The van der Waals surface area contributed by atoms with Gasteiger partial charge in [-0.1, -0.05) is 39.8 Å². The molecule has 4 nitrogen and oxygen atoms in total. The van der Waals surface area contributed by atoms with E-state index in [1.54, 1.807) is 24.3 Å². The molecule has 0 aromatic heterocycles. The van der Waals surface area contributed by atoms with Crippen molar-refractivity contribution in [3.05, 3.63) is 29.8 Å². The molecule has 0 radical (unpaired) electrons. The Morgan fingerprint density at radius 3 is 2.53 bits per heavy atom. The minimum atomic E-state index is -3.60. The first-order chi connectivity index (χ1) is 8.68. The summed E-state index contributed by atoms with van der Waals surface area (Å²) in [6.07, 6.45) is 0. The smallest absolute Gasteiger partial charge is 0.207 e. The van der Waals surface area contributed by atoms with Crippen LogP contribution >= 0.6 is 0 Å². The zero-order valence-corrected chi connectivity index (χ0v) is 12.6. The van der Waals surface area contributed by atoms with Crippen LogP contribution in [0, 0.1) is 16.7 Å². The molecule has 0 saturated carbocycles. The Morgan fingerprint density at radius 2 is 2.00 bits per heavy atom. The summed E-state index contributed by atoms with van der Waals surface area (Å²) in [7, 11) is -3.60. The first-order valence-corrected chi connectivity index (χ1v) is 7.63. The van der Waals surface area contributed by atoms with E-state index in [0.29, 0.717) is 0 Å². The lowest BCUT2D eigenvalue weighted by Crippen LogP contribution is -2.24. The summed E-state index contributed by atoms with van der Waals surface area (Å²) in [5.41, 5.74) is 1.04. The highest BCUT2D eigenvalue weighted by Crippen LogP contribution is 2.34. The molecule has 0 saturated heterocycles. The molecule has 0 heterocycles. The van der Waals surface area contributed by atoms with Crippen molar-refractivity contribution in [1.29, 1.82) is 5.26 Å². The molecule has 0 bridgehead atoms. The number of benzene rings is 1. The van der Waals surface area contributed by atoms with E-state index in [9.17, 15) is 8.42 Å². The SMILES string of the molecule is CC(c1cccc(S(=O)(=O)NCC#N)c1)C(C)(C)C.